The van der Waals surface area contributed by atoms with Crippen molar-refractivity contribution < 1.29 is 19.3 Å². The molecule has 8 nitrogen and oxygen atoms in total. The van der Waals surface area contributed by atoms with Crippen molar-refractivity contribution in [2.45, 2.75) is 17.9 Å². The van der Waals surface area contributed by atoms with E-state index in [1.807, 2.05) is 42.5 Å². The van der Waals surface area contributed by atoms with Crippen LogP contribution in [-0.4, -0.2) is 31.9 Å². The number of ether oxygens (including phenoxy) is 2. The van der Waals surface area contributed by atoms with Gasteiger partial charge in [-0.15, -0.1) is 0 Å². The van der Waals surface area contributed by atoms with E-state index in [1.165, 1.54) is 14.2 Å². The van der Waals surface area contributed by atoms with Crippen molar-refractivity contribution in [1.82, 2.24) is 0 Å². The van der Waals surface area contributed by atoms with Gasteiger partial charge >= 0.3 is 5.91 Å². The molecule has 1 saturated carbocycles. The third-order valence-corrected chi connectivity index (χ3v) is 7.08. The number of nitriles is 2. The van der Waals surface area contributed by atoms with Crippen LogP contribution in [0.25, 0.3) is 0 Å². The summed E-state index contributed by atoms with van der Waals surface area (Å²) in [6.45, 7) is 0.293. The van der Waals surface area contributed by atoms with Gasteiger partial charge in [-0.1, -0.05) is 48.5 Å². The minimum Gasteiger partial charge on any atom is -0.317 e. The van der Waals surface area contributed by atoms with Crippen molar-refractivity contribution in [3.63, 3.8) is 0 Å². The molecule has 2 aliphatic heterocycles. The highest BCUT2D eigenvalue weighted by Crippen LogP contribution is 2.85. The summed E-state index contributed by atoms with van der Waals surface area (Å²) in [4.78, 5) is 18.6. The van der Waals surface area contributed by atoms with E-state index in [-0.39, 0.29) is 11.7 Å². The average molecular weight is 414 g/mol. The van der Waals surface area contributed by atoms with Crippen LogP contribution in [0.2, 0.25) is 0 Å². The van der Waals surface area contributed by atoms with Crippen LogP contribution in [0, 0.1) is 33.5 Å². The molecule has 2 aromatic carbocycles. The molecule has 1 fully saturated rings. The van der Waals surface area contributed by atoms with E-state index in [4.69, 9.17) is 15.2 Å². The van der Waals surface area contributed by atoms with Crippen LogP contribution >= 0.6 is 0 Å². The molecule has 0 radical (unpaired) electrons. The highest BCUT2D eigenvalue weighted by molar-refractivity contribution is 6.20. The molecule has 8 heteroatoms. The third kappa shape index (κ3) is 1.67. The predicted molar refractivity (Wildman–Crippen MR) is 109 cm³/mol. The number of fused-ring (bicyclic) bond motifs is 5. The lowest BCUT2D eigenvalue weighted by Crippen LogP contribution is -2.91. The van der Waals surface area contributed by atoms with Crippen LogP contribution in [-0.2, 0) is 26.2 Å². The first-order valence-electron chi connectivity index (χ1n) is 9.77. The number of para-hydroxylation sites is 1. The Morgan fingerprint density at radius 3 is 2.29 bits per heavy atom. The second kappa shape index (κ2) is 5.92. The van der Waals surface area contributed by atoms with Crippen LogP contribution < -0.4 is 15.6 Å². The predicted octanol–water partition coefficient (Wildman–Crippen LogP) is -0.0972. The van der Waals surface area contributed by atoms with Gasteiger partial charge in [-0.2, -0.15) is 10.5 Å². The number of nitrogens with two attached hydrogens (primary N) is 1. The van der Waals surface area contributed by atoms with Crippen LogP contribution in [0.5, 0.6) is 0 Å². The number of hydrogen-bond donors (Lipinski definition) is 2. The highest BCUT2D eigenvalue weighted by atomic mass is 16.7. The lowest BCUT2D eigenvalue weighted by atomic mass is 9.84. The van der Waals surface area contributed by atoms with Gasteiger partial charge in [-0.05, 0) is 17.2 Å². The van der Waals surface area contributed by atoms with Crippen molar-refractivity contribution >= 4 is 17.4 Å². The SMILES string of the molecule is COC1(OC)[NH+]=C(N)[C@@]2(C#N)[C@]3(C(=O)N(Cc4ccccc4)c4ccccc43)[C@@]12C#N. The molecule has 31 heavy (non-hydrogen) atoms. The first kappa shape index (κ1) is 19.3. The number of nitrogens with zero attached hydrogens (tertiary/aromatic N) is 3. The van der Waals surface area contributed by atoms with E-state index in [2.05, 4.69) is 17.1 Å². The van der Waals surface area contributed by atoms with Gasteiger partial charge in [0, 0.05) is 19.9 Å². The number of amides is 1. The largest absolute Gasteiger partial charge is 0.343 e. The van der Waals surface area contributed by atoms with Gasteiger partial charge in [0.15, 0.2) is 0 Å². The summed E-state index contributed by atoms with van der Waals surface area (Å²) in [7, 11) is 2.71. The maximum Gasteiger partial charge on any atom is 0.343 e. The molecule has 0 bridgehead atoms. The Morgan fingerprint density at radius 2 is 1.68 bits per heavy atom. The standard InChI is InChI=1S/C23H19N5O3/c1-30-23(31-2)21(14-25)20(13-24,18(26)27-23)22(21)16-10-6-7-11-17(16)28(19(22)29)12-15-8-4-3-5-9-15/h3-11H,12H2,1-2H3,(H2,26,27)/p+1/t20-,21+,22+/m1/s1. The van der Waals surface area contributed by atoms with Crippen LogP contribution in [0.1, 0.15) is 11.1 Å². The fraction of sp³-hybridized carbons (Fsp3) is 0.304. The molecule has 0 unspecified atom stereocenters. The molecular weight excluding hydrogens is 394 g/mol. The van der Waals surface area contributed by atoms with E-state index in [0.29, 0.717) is 17.8 Å². The zero-order chi connectivity index (χ0) is 22.1. The van der Waals surface area contributed by atoms with Gasteiger partial charge in [0.05, 0.1) is 18.7 Å². The summed E-state index contributed by atoms with van der Waals surface area (Å²) in [5.74, 6) is -2.14. The fourth-order valence-electron chi connectivity index (χ4n) is 5.89. The van der Waals surface area contributed by atoms with Crippen molar-refractivity contribution in [3.8, 4) is 12.1 Å². The summed E-state index contributed by atoms with van der Waals surface area (Å²) in [5.41, 5.74) is 3.53. The number of carbonyl (C=O) groups is 1. The smallest absolute Gasteiger partial charge is 0.317 e. The first-order chi connectivity index (χ1) is 15.0. The maximum atomic E-state index is 14.2. The van der Waals surface area contributed by atoms with E-state index in [9.17, 15) is 15.3 Å². The Bertz CT molecular complexity index is 1230. The van der Waals surface area contributed by atoms with Crippen molar-refractivity contribution in [1.29, 1.82) is 10.5 Å². The number of carbonyl (C=O) groups excluding carboxylic acids is 1. The monoisotopic (exact) mass is 414 g/mol. The molecule has 1 aliphatic carbocycles. The average Bonchev–Trinajstić information content (AvgIpc) is 3.21. The van der Waals surface area contributed by atoms with Crippen molar-refractivity contribution in [2.24, 2.45) is 16.6 Å². The van der Waals surface area contributed by atoms with E-state index in [0.717, 1.165) is 5.56 Å². The summed E-state index contributed by atoms with van der Waals surface area (Å²) >= 11 is 0. The summed E-state index contributed by atoms with van der Waals surface area (Å²) in [5, 5.41) is 20.9. The van der Waals surface area contributed by atoms with E-state index < -0.39 is 22.2 Å². The van der Waals surface area contributed by atoms with Crippen molar-refractivity contribution in [2.75, 3.05) is 19.1 Å². The zero-order valence-corrected chi connectivity index (χ0v) is 17.0. The molecule has 1 spiro atoms. The summed E-state index contributed by atoms with van der Waals surface area (Å²) < 4.78 is 11.2. The number of hydrogen-bond acceptors (Lipinski definition) is 6. The molecule has 3 aliphatic rings. The molecule has 2 aromatic rings. The Labute approximate surface area is 179 Å². The Hall–Kier alpha value is -3.72. The van der Waals surface area contributed by atoms with Gasteiger partial charge in [-0.3, -0.25) is 10.5 Å². The highest BCUT2D eigenvalue weighted by Gasteiger charge is 3.08. The van der Waals surface area contributed by atoms with Gasteiger partial charge in [0.2, 0.25) is 16.7 Å². The van der Waals surface area contributed by atoms with Gasteiger partial charge in [0.25, 0.3) is 5.84 Å². The second-order valence-corrected chi connectivity index (χ2v) is 7.93. The first-order valence-corrected chi connectivity index (χ1v) is 9.77. The summed E-state index contributed by atoms with van der Waals surface area (Å²) in [6.07, 6.45) is 0. The number of nitrogens with one attached hydrogen (secondary N) is 1. The third-order valence-electron chi connectivity index (χ3n) is 7.08. The lowest BCUT2D eigenvalue weighted by Gasteiger charge is -2.29. The van der Waals surface area contributed by atoms with Crippen LogP contribution in [0.4, 0.5) is 5.69 Å². The van der Waals surface area contributed by atoms with E-state index in [1.54, 1.807) is 17.0 Å². The maximum absolute atomic E-state index is 14.2. The molecule has 154 valence electrons. The van der Waals surface area contributed by atoms with Gasteiger partial charge in [0.1, 0.15) is 5.41 Å². The molecule has 3 N–H and O–H groups in total. The normalized spacial score (nSPS) is 31.5. The van der Waals surface area contributed by atoms with Crippen molar-refractivity contribution in [3.05, 3.63) is 65.7 Å². The van der Waals surface area contributed by atoms with Gasteiger partial charge in [-0.25, -0.2) is 4.99 Å². The quantitative estimate of drug-likeness (QED) is 0.673. The molecule has 3 atom stereocenters. The zero-order valence-electron chi connectivity index (χ0n) is 17.0. The Kier molecular flexibility index (Phi) is 3.67. The topological polar surface area (TPSA) is 126 Å². The molecule has 0 aromatic heterocycles. The minimum atomic E-state index is -1.76. The van der Waals surface area contributed by atoms with Crippen LogP contribution in [0.15, 0.2) is 54.6 Å². The number of methoxy groups -OCH3 is 2. The number of amidine groups is 1. The second-order valence-electron chi connectivity index (χ2n) is 7.93. The van der Waals surface area contributed by atoms with Gasteiger partial charge < -0.3 is 14.4 Å². The molecular formula is C23H20N5O3+. The van der Waals surface area contributed by atoms with Crippen LogP contribution in [0.3, 0.4) is 0 Å². The number of anilines is 1. The Balaban J connectivity index is 1.79. The molecule has 2 heterocycles. The molecule has 1 amide bonds. The number of rotatable bonds is 4. The lowest BCUT2D eigenvalue weighted by molar-refractivity contribution is -0.688. The summed E-state index contributed by atoms with van der Waals surface area (Å²) in [6, 6.07) is 21.2. The molecule has 0 saturated heterocycles. The Morgan fingerprint density at radius 1 is 1.03 bits per heavy atom. The van der Waals surface area contributed by atoms with E-state index >= 15 is 0 Å². The fourth-order valence-corrected chi connectivity index (χ4v) is 5.89. The molecule has 5 rings (SSSR count). The number of benzene rings is 2. The minimum absolute atomic E-state index is 0.00929.